The van der Waals surface area contributed by atoms with E-state index in [1.54, 1.807) is 7.05 Å². The Bertz CT molecular complexity index is 533. The van der Waals surface area contributed by atoms with Crippen LogP contribution in [0.3, 0.4) is 0 Å². The summed E-state index contributed by atoms with van der Waals surface area (Å²) in [6, 6.07) is 4.32. The van der Waals surface area contributed by atoms with Gasteiger partial charge in [0.1, 0.15) is 5.75 Å². The summed E-state index contributed by atoms with van der Waals surface area (Å²) in [5.74, 6) is -1.24. The number of likely N-dealkylation sites (N-methyl/N-ethyl adjacent to an activating group) is 1. The molecule has 88 valence electrons. The third-order valence-electron chi connectivity index (χ3n) is 2.63. The topological polar surface area (TPSA) is 77.8 Å². The fraction of sp³-hybridized carbons (Fsp3) is 0.167. The number of carbonyl (C=O) groups is 2. The van der Waals surface area contributed by atoms with Crippen molar-refractivity contribution in [3.8, 4) is 5.75 Å². The van der Waals surface area contributed by atoms with Crippen molar-refractivity contribution in [2.45, 2.75) is 0 Å². The maximum atomic E-state index is 11.8. The number of phenols is 1. The predicted molar refractivity (Wildman–Crippen MR) is 60.7 cm³/mol. The lowest BCUT2D eigenvalue weighted by molar-refractivity contribution is -0.131. The second kappa shape index (κ2) is 3.93. The molecule has 2 N–H and O–H groups in total. The van der Waals surface area contributed by atoms with E-state index in [1.807, 2.05) is 0 Å². The lowest BCUT2D eigenvalue weighted by atomic mass is 9.94. The summed E-state index contributed by atoms with van der Waals surface area (Å²) >= 11 is 0. The Morgan fingerprint density at radius 1 is 1.41 bits per heavy atom. The molecule has 1 aromatic rings. The van der Waals surface area contributed by atoms with Gasteiger partial charge in [-0.15, -0.1) is 0 Å². The van der Waals surface area contributed by atoms with Gasteiger partial charge in [0.15, 0.2) is 0 Å². The Kier molecular flexibility index (Phi) is 2.59. The average Bonchev–Trinajstić information content (AvgIpc) is 2.25. The molecule has 1 heterocycles. The maximum absolute atomic E-state index is 11.8. The number of carboxylic acid groups (broad SMARTS) is 1. The lowest BCUT2D eigenvalue weighted by Gasteiger charge is -2.26. The molecule has 0 saturated heterocycles. The van der Waals surface area contributed by atoms with Crippen LogP contribution in [0.5, 0.6) is 5.75 Å². The minimum atomic E-state index is -1.07. The Hall–Kier alpha value is -2.30. The van der Waals surface area contributed by atoms with Crippen LogP contribution in [-0.2, 0) is 4.79 Å². The molecule has 1 aliphatic heterocycles. The van der Waals surface area contributed by atoms with Gasteiger partial charge in [0, 0.05) is 25.2 Å². The number of phenolic OH excluding ortho intramolecular Hbond substituents is 1. The minimum Gasteiger partial charge on any atom is -0.508 e. The number of aromatic hydroxyl groups is 1. The fourth-order valence-electron chi connectivity index (χ4n) is 1.87. The summed E-state index contributed by atoms with van der Waals surface area (Å²) in [6.45, 7) is 0.224. The molecular formula is C12H11NO4. The summed E-state index contributed by atoms with van der Waals surface area (Å²) in [5.41, 5.74) is 1.39. The Morgan fingerprint density at radius 3 is 2.76 bits per heavy atom. The molecule has 17 heavy (non-hydrogen) atoms. The van der Waals surface area contributed by atoms with Crippen LogP contribution >= 0.6 is 0 Å². The van der Waals surface area contributed by atoms with Crippen molar-refractivity contribution in [2.24, 2.45) is 0 Å². The van der Waals surface area contributed by atoms with Gasteiger partial charge in [-0.1, -0.05) is 0 Å². The van der Waals surface area contributed by atoms with E-state index in [0.717, 1.165) is 6.08 Å². The van der Waals surface area contributed by atoms with E-state index < -0.39 is 5.97 Å². The molecule has 2 rings (SSSR count). The van der Waals surface area contributed by atoms with Crippen molar-refractivity contribution in [3.05, 3.63) is 35.4 Å². The number of benzene rings is 1. The molecule has 0 unspecified atom stereocenters. The van der Waals surface area contributed by atoms with E-state index in [-0.39, 0.29) is 18.2 Å². The molecule has 1 aliphatic rings. The van der Waals surface area contributed by atoms with Crippen LogP contribution < -0.4 is 0 Å². The first-order chi connectivity index (χ1) is 7.99. The van der Waals surface area contributed by atoms with Gasteiger partial charge in [0.25, 0.3) is 5.91 Å². The van der Waals surface area contributed by atoms with E-state index in [4.69, 9.17) is 5.11 Å². The predicted octanol–water partition coefficient (Wildman–Crippen LogP) is 0.946. The van der Waals surface area contributed by atoms with Crippen LogP contribution in [0.25, 0.3) is 5.57 Å². The van der Waals surface area contributed by atoms with Crippen molar-refractivity contribution in [3.63, 3.8) is 0 Å². The van der Waals surface area contributed by atoms with E-state index in [9.17, 15) is 14.7 Å². The van der Waals surface area contributed by atoms with Gasteiger partial charge < -0.3 is 15.1 Å². The van der Waals surface area contributed by atoms with Crippen molar-refractivity contribution in [2.75, 3.05) is 13.6 Å². The average molecular weight is 233 g/mol. The molecule has 0 aromatic heterocycles. The first-order valence-corrected chi connectivity index (χ1v) is 5.01. The second-order valence-electron chi connectivity index (χ2n) is 3.90. The number of hydrogen-bond acceptors (Lipinski definition) is 3. The van der Waals surface area contributed by atoms with Gasteiger partial charge in [0.2, 0.25) is 0 Å². The monoisotopic (exact) mass is 233 g/mol. The van der Waals surface area contributed by atoms with Gasteiger partial charge in [-0.3, -0.25) is 4.79 Å². The molecule has 1 aromatic carbocycles. The molecule has 0 atom stereocenters. The first kappa shape index (κ1) is 11.2. The van der Waals surface area contributed by atoms with Crippen LogP contribution in [0.2, 0.25) is 0 Å². The van der Waals surface area contributed by atoms with E-state index in [1.165, 1.54) is 23.1 Å². The number of carboxylic acids is 1. The van der Waals surface area contributed by atoms with E-state index in [2.05, 4.69) is 0 Å². The van der Waals surface area contributed by atoms with E-state index >= 15 is 0 Å². The van der Waals surface area contributed by atoms with Crippen molar-refractivity contribution in [1.82, 2.24) is 4.90 Å². The molecule has 0 saturated carbocycles. The van der Waals surface area contributed by atoms with Crippen LogP contribution in [-0.4, -0.2) is 40.6 Å². The Balaban J connectivity index is 2.62. The number of carbonyl (C=O) groups excluding carboxylic acids is 1. The van der Waals surface area contributed by atoms with Crippen molar-refractivity contribution < 1.29 is 19.8 Å². The molecular weight excluding hydrogens is 222 g/mol. The maximum Gasteiger partial charge on any atom is 0.328 e. The van der Waals surface area contributed by atoms with Crippen LogP contribution in [0.4, 0.5) is 0 Å². The Labute approximate surface area is 97.6 Å². The minimum absolute atomic E-state index is 0.0115. The number of nitrogens with zero attached hydrogens (tertiary/aromatic N) is 1. The standard InChI is InChI=1S/C12H11NO4/c1-13-6-7(4-11(15)16)10-5-8(14)2-3-9(10)12(13)17/h2-5,14H,6H2,1H3,(H,15,16)/b7-4+. The normalized spacial score (nSPS) is 17.1. The smallest absolute Gasteiger partial charge is 0.328 e. The quantitative estimate of drug-likeness (QED) is 0.708. The molecule has 5 nitrogen and oxygen atoms in total. The van der Waals surface area contributed by atoms with Crippen LogP contribution in [0.15, 0.2) is 24.3 Å². The van der Waals surface area contributed by atoms with Crippen molar-refractivity contribution >= 4 is 17.4 Å². The fourth-order valence-corrected chi connectivity index (χ4v) is 1.87. The molecule has 1 amide bonds. The lowest BCUT2D eigenvalue weighted by Crippen LogP contribution is -2.33. The zero-order valence-corrected chi connectivity index (χ0v) is 9.17. The summed E-state index contributed by atoms with van der Waals surface area (Å²) in [7, 11) is 1.60. The number of amides is 1. The number of aliphatic carboxylic acids is 1. The van der Waals surface area contributed by atoms with Gasteiger partial charge >= 0.3 is 5.97 Å². The summed E-state index contributed by atoms with van der Waals surface area (Å²) < 4.78 is 0. The highest BCUT2D eigenvalue weighted by Crippen LogP contribution is 2.29. The highest BCUT2D eigenvalue weighted by Gasteiger charge is 2.25. The zero-order valence-electron chi connectivity index (χ0n) is 9.17. The third kappa shape index (κ3) is 1.99. The summed E-state index contributed by atoms with van der Waals surface area (Å²) in [6.07, 6.45) is 1.06. The SMILES string of the molecule is CN1C/C(=C\C(=O)O)c2cc(O)ccc2C1=O. The molecule has 0 radical (unpaired) electrons. The largest absolute Gasteiger partial charge is 0.508 e. The van der Waals surface area contributed by atoms with Crippen molar-refractivity contribution in [1.29, 1.82) is 0 Å². The van der Waals surface area contributed by atoms with E-state index in [0.29, 0.717) is 16.7 Å². The van der Waals surface area contributed by atoms with Gasteiger partial charge in [0.05, 0.1) is 0 Å². The first-order valence-electron chi connectivity index (χ1n) is 5.01. The molecule has 0 aliphatic carbocycles. The summed E-state index contributed by atoms with van der Waals surface area (Å²) in [5, 5.41) is 18.2. The zero-order chi connectivity index (χ0) is 12.6. The third-order valence-corrected chi connectivity index (χ3v) is 2.63. The van der Waals surface area contributed by atoms with Gasteiger partial charge in [-0.05, 0) is 29.3 Å². The number of fused-ring (bicyclic) bond motifs is 1. The molecule has 0 spiro atoms. The van der Waals surface area contributed by atoms with Gasteiger partial charge in [-0.25, -0.2) is 4.79 Å². The molecule has 5 heteroatoms. The number of hydrogen-bond donors (Lipinski definition) is 2. The van der Waals surface area contributed by atoms with Crippen LogP contribution in [0.1, 0.15) is 15.9 Å². The summed E-state index contributed by atoms with van der Waals surface area (Å²) in [4.78, 5) is 24.0. The van der Waals surface area contributed by atoms with Crippen LogP contribution in [0, 0.1) is 0 Å². The molecule has 0 bridgehead atoms. The van der Waals surface area contributed by atoms with Gasteiger partial charge in [-0.2, -0.15) is 0 Å². The highest BCUT2D eigenvalue weighted by atomic mass is 16.4. The molecule has 0 fully saturated rings. The Morgan fingerprint density at radius 2 is 2.12 bits per heavy atom. The number of rotatable bonds is 1. The second-order valence-corrected chi connectivity index (χ2v) is 3.90. The highest BCUT2D eigenvalue weighted by molar-refractivity contribution is 6.05.